The van der Waals surface area contributed by atoms with Crippen LogP contribution < -0.4 is 0 Å². The van der Waals surface area contributed by atoms with Crippen LogP contribution in [0, 0.1) is 0 Å². The lowest BCUT2D eigenvalue weighted by atomic mass is 10.1. The SMILES string of the molecule is CN(Cc1ccc2nsnc2c1)C(=O)C[C@@H]1C(=O)N(C)C(=O)N1C. The number of aromatic nitrogens is 2. The molecule has 126 valence electrons. The number of amides is 4. The van der Waals surface area contributed by atoms with Crippen LogP contribution >= 0.6 is 11.7 Å². The summed E-state index contributed by atoms with van der Waals surface area (Å²) in [7, 11) is 4.63. The van der Waals surface area contributed by atoms with Crippen molar-refractivity contribution in [2.45, 2.75) is 19.0 Å². The summed E-state index contributed by atoms with van der Waals surface area (Å²) < 4.78 is 8.33. The zero-order valence-electron chi connectivity index (χ0n) is 13.6. The van der Waals surface area contributed by atoms with Crippen LogP contribution in [0.4, 0.5) is 4.79 Å². The molecular weight excluding hydrogens is 330 g/mol. The molecule has 0 unspecified atom stereocenters. The third kappa shape index (κ3) is 2.82. The molecule has 1 aliphatic rings. The average Bonchev–Trinajstić information content (AvgIpc) is 3.10. The maximum Gasteiger partial charge on any atom is 0.326 e. The number of imide groups is 1. The molecule has 1 fully saturated rings. The number of hydrogen-bond donors (Lipinski definition) is 0. The second-order valence-corrected chi connectivity index (χ2v) is 6.38. The Balaban J connectivity index is 1.66. The summed E-state index contributed by atoms with van der Waals surface area (Å²) in [6.45, 7) is 0.403. The van der Waals surface area contributed by atoms with Crippen molar-refractivity contribution in [3.63, 3.8) is 0 Å². The first-order valence-corrected chi connectivity index (χ1v) is 8.11. The molecule has 2 aromatic rings. The van der Waals surface area contributed by atoms with Crippen LogP contribution in [-0.4, -0.2) is 68.5 Å². The van der Waals surface area contributed by atoms with E-state index in [2.05, 4.69) is 8.75 Å². The lowest BCUT2D eigenvalue weighted by molar-refractivity contribution is -0.135. The zero-order chi connectivity index (χ0) is 17.4. The second-order valence-electron chi connectivity index (χ2n) is 5.85. The molecule has 1 aliphatic heterocycles. The van der Waals surface area contributed by atoms with E-state index in [4.69, 9.17) is 0 Å². The van der Waals surface area contributed by atoms with Gasteiger partial charge in [0.2, 0.25) is 5.91 Å². The maximum absolute atomic E-state index is 12.4. The highest BCUT2D eigenvalue weighted by Crippen LogP contribution is 2.19. The van der Waals surface area contributed by atoms with Gasteiger partial charge in [0.05, 0.1) is 18.1 Å². The van der Waals surface area contributed by atoms with Gasteiger partial charge in [0, 0.05) is 27.7 Å². The lowest BCUT2D eigenvalue weighted by Gasteiger charge is -2.21. The fourth-order valence-electron chi connectivity index (χ4n) is 2.69. The Morgan fingerprint density at radius 2 is 1.96 bits per heavy atom. The number of urea groups is 1. The van der Waals surface area contributed by atoms with Gasteiger partial charge in [-0.2, -0.15) is 8.75 Å². The first-order chi connectivity index (χ1) is 11.4. The first-order valence-electron chi connectivity index (χ1n) is 7.38. The number of carbonyl (C=O) groups excluding carboxylic acids is 3. The molecule has 2 heterocycles. The highest BCUT2D eigenvalue weighted by molar-refractivity contribution is 7.00. The van der Waals surface area contributed by atoms with Crippen molar-refractivity contribution < 1.29 is 14.4 Å². The quantitative estimate of drug-likeness (QED) is 0.768. The molecule has 4 amide bonds. The zero-order valence-corrected chi connectivity index (χ0v) is 14.4. The molecule has 1 saturated heterocycles. The molecule has 1 aromatic heterocycles. The minimum absolute atomic E-state index is 0.0254. The molecular formula is C15H17N5O3S. The molecule has 9 heteroatoms. The fraction of sp³-hybridized carbons (Fsp3) is 0.400. The van der Waals surface area contributed by atoms with E-state index in [1.807, 2.05) is 18.2 Å². The summed E-state index contributed by atoms with van der Waals surface area (Å²) in [4.78, 5) is 40.1. The predicted molar refractivity (Wildman–Crippen MR) is 88.2 cm³/mol. The van der Waals surface area contributed by atoms with Gasteiger partial charge in [0.15, 0.2) is 0 Å². The summed E-state index contributed by atoms with van der Waals surface area (Å²) in [5, 5.41) is 0. The molecule has 24 heavy (non-hydrogen) atoms. The van der Waals surface area contributed by atoms with Gasteiger partial charge in [-0.1, -0.05) is 6.07 Å². The summed E-state index contributed by atoms with van der Waals surface area (Å²) in [5.41, 5.74) is 2.57. The van der Waals surface area contributed by atoms with Crippen LogP contribution in [0.1, 0.15) is 12.0 Å². The van der Waals surface area contributed by atoms with Gasteiger partial charge in [-0.3, -0.25) is 14.5 Å². The summed E-state index contributed by atoms with van der Waals surface area (Å²) >= 11 is 1.15. The highest BCUT2D eigenvalue weighted by atomic mass is 32.1. The van der Waals surface area contributed by atoms with E-state index < -0.39 is 6.04 Å². The minimum atomic E-state index is -0.734. The first kappa shape index (κ1) is 16.3. The molecule has 0 spiro atoms. The molecule has 0 saturated carbocycles. The van der Waals surface area contributed by atoms with Crippen LogP contribution in [-0.2, 0) is 16.1 Å². The van der Waals surface area contributed by atoms with Crippen molar-refractivity contribution >= 4 is 40.6 Å². The predicted octanol–water partition coefficient (Wildman–Crippen LogP) is 0.932. The van der Waals surface area contributed by atoms with Crippen molar-refractivity contribution in [1.82, 2.24) is 23.4 Å². The molecule has 1 aromatic carbocycles. The molecule has 0 radical (unpaired) electrons. The van der Waals surface area contributed by atoms with E-state index in [1.54, 1.807) is 11.9 Å². The van der Waals surface area contributed by atoms with Crippen molar-refractivity contribution in [3.8, 4) is 0 Å². The average molecular weight is 347 g/mol. The van der Waals surface area contributed by atoms with E-state index >= 15 is 0 Å². The van der Waals surface area contributed by atoms with Crippen LogP contribution in [0.5, 0.6) is 0 Å². The Labute approximate surface area is 143 Å². The van der Waals surface area contributed by atoms with Gasteiger partial charge in [0.1, 0.15) is 17.1 Å². The van der Waals surface area contributed by atoms with Gasteiger partial charge < -0.3 is 9.80 Å². The number of hydrogen-bond acceptors (Lipinski definition) is 6. The monoisotopic (exact) mass is 347 g/mol. The van der Waals surface area contributed by atoms with Gasteiger partial charge in [-0.25, -0.2) is 4.79 Å². The van der Waals surface area contributed by atoms with E-state index in [0.717, 1.165) is 33.2 Å². The topological polar surface area (TPSA) is 86.7 Å². The van der Waals surface area contributed by atoms with Gasteiger partial charge in [0.25, 0.3) is 5.91 Å². The highest BCUT2D eigenvalue weighted by Gasteiger charge is 2.42. The third-order valence-corrected chi connectivity index (χ3v) is 4.76. The van der Waals surface area contributed by atoms with Crippen molar-refractivity contribution in [1.29, 1.82) is 0 Å². The minimum Gasteiger partial charge on any atom is -0.341 e. The van der Waals surface area contributed by atoms with Crippen LogP contribution in [0.2, 0.25) is 0 Å². The van der Waals surface area contributed by atoms with E-state index in [9.17, 15) is 14.4 Å². The Kier molecular flexibility index (Phi) is 4.18. The van der Waals surface area contributed by atoms with Gasteiger partial charge >= 0.3 is 6.03 Å². The van der Waals surface area contributed by atoms with Gasteiger partial charge in [-0.05, 0) is 17.7 Å². The molecule has 8 nitrogen and oxygen atoms in total. The van der Waals surface area contributed by atoms with Crippen LogP contribution in [0.15, 0.2) is 18.2 Å². The van der Waals surface area contributed by atoms with E-state index in [-0.39, 0.29) is 24.3 Å². The summed E-state index contributed by atoms with van der Waals surface area (Å²) in [5.74, 6) is -0.543. The smallest absolute Gasteiger partial charge is 0.326 e. The second kappa shape index (κ2) is 6.16. The largest absolute Gasteiger partial charge is 0.341 e. The van der Waals surface area contributed by atoms with Gasteiger partial charge in [-0.15, -0.1) is 0 Å². The van der Waals surface area contributed by atoms with E-state index in [0.29, 0.717) is 6.54 Å². The van der Waals surface area contributed by atoms with Crippen LogP contribution in [0.25, 0.3) is 11.0 Å². The molecule has 3 rings (SSSR count). The maximum atomic E-state index is 12.4. The number of fused-ring (bicyclic) bond motifs is 1. The normalized spacial score (nSPS) is 17.9. The molecule has 0 aliphatic carbocycles. The Hall–Kier alpha value is -2.55. The number of rotatable bonds is 4. The van der Waals surface area contributed by atoms with Crippen LogP contribution in [0.3, 0.4) is 0 Å². The molecule has 0 bridgehead atoms. The van der Waals surface area contributed by atoms with E-state index in [1.165, 1.54) is 19.0 Å². The Bertz CT molecular complexity index is 820. The number of benzene rings is 1. The van der Waals surface area contributed by atoms with Crippen molar-refractivity contribution in [3.05, 3.63) is 23.8 Å². The lowest BCUT2D eigenvalue weighted by Crippen LogP contribution is -2.38. The Morgan fingerprint density at radius 1 is 1.25 bits per heavy atom. The number of carbonyl (C=O) groups is 3. The Morgan fingerprint density at radius 3 is 2.62 bits per heavy atom. The third-order valence-electron chi connectivity index (χ3n) is 4.20. The summed E-state index contributed by atoms with van der Waals surface area (Å²) in [6, 6.07) is 4.54. The standard InChI is InChI=1S/C15H17N5O3S/c1-18(8-9-4-5-10-11(6-9)17-24-16-10)13(21)7-12-14(22)20(3)15(23)19(12)2/h4-6,12H,7-8H2,1-3H3/t12-/m1/s1. The molecule has 0 N–H and O–H groups in total. The molecule has 1 atom stereocenters. The van der Waals surface area contributed by atoms with Crippen molar-refractivity contribution in [2.75, 3.05) is 21.1 Å². The van der Waals surface area contributed by atoms with Crippen molar-refractivity contribution in [2.24, 2.45) is 0 Å². The fourth-order valence-corrected chi connectivity index (χ4v) is 3.20. The number of nitrogens with zero attached hydrogens (tertiary/aromatic N) is 5. The number of likely N-dealkylation sites (N-methyl/N-ethyl adjacent to an activating group) is 2. The summed E-state index contributed by atoms with van der Waals surface area (Å²) in [6.07, 6.45) is -0.0254.